The second-order valence-electron chi connectivity index (χ2n) is 13.3. The van der Waals surface area contributed by atoms with Crippen LogP contribution in [0, 0.1) is 11.8 Å². The van der Waals surface area contributed by atoms with Crippen LogP contribution in [-0.4, -0.2) is 74.0 Å². The number of hydrogen-bond donors (Lipinski definition) is 3. The molecule has 3 N–H and O–H groups in total. The second kappa shape index (κ2) is 12.0. The maximum absolute atomic E-state index is 13.1. The molecule has 47 heavy (non-hydrogen) atoms. The Morgan fingerprint density at radius 2 is 1.77 bits per heavy atom. The van der Waals surface area contributed by atoms with Crippen LogP contribution in [0.2, 0.25) is 0 Å². The molecule has 4 aliphatic rings. The second-order valence-corrected chi connectivity index (χ2v) is 13.3. The molecule has 2 aromatic carbocycles. The highest BCUT2D eigenvalue weighted by molar-refractivity contribution is 6.23. The van der Waals surface area contributed by atoms with Gasteiger partial charge in [0.2, 0.25) is 11.8 Å². The van der Waals surface area contributed by atoms with E-state index in [9.17, 15) is 19.2 Å². The molecule has 2 aromatic heterocycles. The molecule has 0 bridgehead atoms. The van der Waals surface area contributed by atoms with Crippen molar-refractivity contribution in [3.8, 4) is 11.3 Å². The molecule has 2 saturated heterocycles. The first kappa shape index (κ1) is 29.4. The van der Waals surface area contributed by atoms with Crippen LogP contribution in [-0.2, 0) is 16.0 Å². The third-order valence-electron chi connectivity index (χ3n) is 10.0. The molecule has 0 spiro atoms. The van der Waals surface area contributed by atoms with Crippen molar-refractivity contribution in [1.29, 1.82) is 0 Å². The van der Waals surface area contributed by atoms with E-state index in [0.717, 1.165) is 84.6 Å². The van der Waals surface area contributed by atoms with E-state index in [0.29, 0.717) is 17.9 Å². The quantitative estimate of drug-likeness (QED) is 0.176. The van der Waals surface area contributed by atoms with Crippen molar-refractivity contribution in [3.63, 3.8) is 0 Å². The average Bonchev–Trinajstić information content (AvgIpc) is 3.60. The molecular weight excluding hydrogens is 596 g/mol. The van der Waals surface area contributed by atoms with Gasteiger partial charge in [-0.05, 0) is 99.3 Å². The summed E-state index contributed by atoms with van der Waals surface area (Å²) >= 11 is 0. The summed E-state index contributed by atoms with van der Waals surface area (Å²) in [7, 11) is 0. The summed E-state index contributed by atoms with van der Waals surface area (Å²) in [6.45, 7) is 2.91. The van der Waals surface area contributed by atoms with Gasteiger partial charge in [0, 0.05) is 30.4 Å². The molecule has 4 aromatic rings. The third kappa shape index (κ3) is 5.67. The van der Waals surface area contributed by atoms with E-state index in [4.69, 9.17) is 4.98 Å². The Labute approximate surface area is 271 Å². The molecule has 0 radical (unpaired) electrons. The highest BCUT2D eigenvalue weighted by Gasteiger charge is 2.44. The van der Waals surface area contributed by atoms with Gasteiger partial charge < -0.3 is 10.6 Å². The number of benzene rings is 2. The fourth-order valence-electron chi connectivity index (χ4n) is 7.18. The molecule has 4 amide bonds. The fourth-order valence-corrected chi connectivity index (χ4v) is 7.18. The van der Waals surface area contributed by atoms with Gasteiger partial charge >= 0.3 is 0 Å². The predicted molar refractivity (Wildman–Crippen MR) is 173 cm³/mol. The molecule has 1 aliphatic carbocycles. The summed E-state index contributed by atoms with van der Waals surface area (Å²) in [6, 6.07) is 10.9. The molecule has 240 valence electrons. The molecule has 5 heterocycles. The molecule has 1 atom stereocenters. The fraction of sp³-hybridized carbons (Fsp3) is 0.400. The van der Waals surface area contributed by atoms with Gasteiger partial charge in [0.05, 0.1) is 46.3 Å². The number of hydrogen-bond acceptors (Lipinski definition) is 9. The SMILES string of the molecule is O=C1CCC(N2C(=O)c3ccc(NCCCC4CC(n5cc(-c6cnc7ccc(CC8CNC8)cc7n6)cn5)C4)cc3C2=O)C(=O)N1. The first-order chi connectivity index (χ1) is 22.9. The smallest absolute Gasteiger partial charge is 0.262 e. The lowest BCUT2D eigenvalue weighted by Gasteiger charge is -2.35. The maximum Gasteiger partial charge on any atom is 0.262 e. The van der Waals surface area contributed by atoms with Crippen molar-refractivity contribution >= 4 is 40.3 Å². The predicted octanol–water partition coefficient (Wildman–Crippen LogP) is 3.50. The van der Waals surface area contributed by atoms with E-state index in [1.165, 1.54) is 5.56 Å². The zero-order chi connectivity index (χ0) is 32.1. The molecule has 1 unspecified atom stereocenters. The van der Waals surface area contributed by atoms with Crippen LogP contribution in [0.4, 0.5) is 5.69 Å². The number of carbonyl (C=O) groups excluding carboxylic acids is 4. The number of amides is 4. The number of nitrogens with zero attached hydrogens (tertiary/aromatic N) is 5. The number of rotatable bonds is 10. The lowest BCUT2D eigenvalue weighted by atomic mass is 9.77. The van der Waals surface area contributed by atoms with Gasteiger partial charge in [0.15, 0.2) is 0 Å². The standard InChI is InChI=1S/C35H36N8O4/c44-32-8-7-31(33(45)41-32)43-34(46)26-5-4-24(14-27(26)35(43)47)37-9-1-2-20-11-25(12-20)42-19-23(17-39-42)30-18-38-28-6-3-21(13-29(28)40-30)10-22-15-36-16-22/h3-6,13-14,17-20,22,25,31,36-37H,1-2,7-12,15-16H2,(H,41,44,45). The van der Waals surface area contributed by atoms with Gasteiger partial charge in [-0.15, -0.1) is 0 Å². The molecule has 8 rings (SSSR count). The Morgan fingerprint density at radius 1 is 0.915 bits per heavy atom. The monoisotopic (exact) mass is 632 g/mol. The normalized spacial score (nSPS) is 22.6. The Kier molecular flexibility index (Phi) is 7.51. The van der Waals surface area contributed by atoms with Crippen LogP contribution in [0.15, 0.2) is 55.0 Å². The first-order valence-electron chi connectivity index (χ1n) is 16.5. The van der Waals surface area contributed by atoms with Crippen molar-refractivity contribution in [2.75, 3.05) is 25.0 Å². The van der Waals surface area contributed by atoms with Gasteiger partial charge in [0.1, 0.15) is 6.04 Å². The van der Waals surface area contributed by atoms with E-state index >= 15 is 0 Å². The van der Waals surface area contributed by atoms with E-state index in [1.54, 1.807) is 18.2 Å². The summed E-state index contributed by atoms with van der Waals surface area (Å²) in [4.78, 5) is 60.4. The van der Waals surface area contributed by atoms with E-state index < -0.39 is 23.8 Å². The number of anilines is 1. The van der Waals surface area contributed by atoms with E-state index in [-0.39, 0.29) is 29.9 Å². The minimum Gasteiger partial charge on any atom is -0.385 e. The number of piperidine rings is 1. The molecule has 12 nitrogen and oxygen atoms in total. The Balaban J connectivity index is 0.813. The molecular formula is C35H36N8O4. The van der Waals surface area contributed by atoms with Crippen molar-refractivity contribution < 1.29 is 19.2 Å². The van der Waals surface area contributed by atoms with Gasteiger partial charge in [0.25, 0.3) is 11.8 Å². The molecule has 3 aliphatic heterocycles. The first-order valence-corrected chi connectivity index (χ1v) is 16.5. The van der Waals surface area contributed by atoms with Gasteiger partial charge in [-0.3, -0.25) is 39.1 Å². The van der Waals surface area contributed by atoms with Crippen molar-refractivity contribution in [2.45, 2.75) is 57.0 Å². The Morgan fingerprint density at radius 3 is 2.57 bits per heavy atom. The van der Waals surface area contributed by atoms with Crippen LogP contribution in [0.25, 0.3) is 22.3 Å². The third-order valence-corrected chi connectivity index (χ3v) is 10.0. The number of nitrogens with one attached hydrogen (secondary N) is 3. The Hall–Kier alpha value is -4.97. The van der Waals surface area contributed by atoms with Crippen LogP contribution < -0.4 is 16.0 Å². The number of carbonyl (C=O) groups is 4. The van der Waals surface area contributed by atoms with Crippen molar-refractivity contribution in [1.82, 2.24) is 35.3 Å². The number of aromatic nitrogens is 4. The topological polar surface area (TPSA) is 151 Å². The zero-order valence-electron chi connectivity index (χ0n) is 25.9. The molecule has 12 heteroatoms. The van der Waals surface area contributed by atoms with Crippen LogP contribution in [0.3, 0.4) is 0 Å². The van der Waals surface area contributed by atoms with Gasteiger partial charge in [-0.25, -0.2) is 4.98 Å². The van der Waals surface area contributed by atoms with Crippen LogP contribution in [0.5, 0.6) is 0 Å². The number of fused-ring (bicyclic) bond motifs is 2. The summed E-state index contributed by atoms with van der Waals surface area (Å²) in [5.74, 6) is -0.655. The molecule has 3 fully saturated rings. The van der Waals surface area contributed by atoms with Crippen LogP contribution in [0.1, 0.15) is 70.8 Å². The average molecular weight is 633 g/mol. The number of imide groups is 2. The lowest BCUT2D eigenvalue weighted by Crippen LogP contribution is -2.54. The van der Waals surface area contributed by atoms with E-state index in [1.807, 2.05) is 12.4 Å². The largest absolute Gasteiger partial charge is 0.385 e. The van der Waals surface area contributed by atoms with E-state index in [2.05, 4.69) is 55.1 Å². The summed E-state index contributed by atoms with van der Waals surface area (Å²) < 4.78 is 2.07. The highest BCUT2D eigenvalue weighted by atomic mass is 16.2. The minimum atomic E-state index is -0.962. The zero-order valence-corrected chi connectivity index (χ0v) is 25.9. The Bertz CT molecular complexity index is 1910. The minimum absolute atomic E-state index is 0.0986. The highest BCUT2D eigenvalue weighted by Crippen LogP contribution is 2.40. The summed E-state index contributed by atoms with van der Waals surface area (Å²) in [6.07, 6.45) is 11.3. The van der Waals surface area contributed by atoms with Gasteiger partial charge in [-0.2, -0.15) is 5.10 Å². The van der Waals surface area contributed by atoms with Crippen LogP contribution >= 0.6 is 0 Å². The maximum atomic E-state index is 13.1. The van der Waals surface area contributed by atoms with Gasteiger partial charge in [-0.1, -0.05) is 6.07 Å². The lowest BCUT2D eigenvalue weighted by molar-refractivity contribution is -0.136. The summed E-state index contributed by atoms with van der Waals surface area (Å²) in [5, 5.41) is 13.6. The van der Waals surface area contributed by atoms with Crippen molar-refractivity contribution in [2.24, 2.45) is 11.8 Å². The molecule has 1 saturated carbocycles. The summed E-state index contributed by atoms with van der Waals surface area (Å²) in [5.41, 5.74) is 6.28. The van der Waals surface area contributed by atoms with Crippen molar-refractivity contribution in [3.05, 3.63) is 71.7 Å².